The molecule has 0 radical (unpaired) electrons. The fourth-order valence-electron chi connectivity index (χ4n) is 2.30. The van der Waals surface area contributed by atoms with E-state index in [4.69, 9.17) is 5.11 Å². The first-order valence-corrected chi connectivity index (χ1v) is 7.28. The highest BCUT2D eigenvalue weighted by molar-refractivity contribution is 7.09. The summed E-state index contributed by atoms with van der Waals surface area (Å²) >= 11 is 1.40. The van der Waals surface area contributed by atoms with Gasteiger partial charge in [0, 0.05) is 24.0 Å². The molecule has 1 aliphatic carbocycles. The second-order valence-corrected chi connectivity index (χ2v) is 5.55. The van der Waals surface area contributed by atoms with E-state index in [-0.39, 0.29) is 5.92 Å². The van der Waals surface area contributed by atoms with Crippen LogP contribution in [0.2, 0.25) is 0 Å². The first-order valence-electron chi connectivity index (χ1n) is 6.51. The molecule has 1 heterocycles. The maximum atomic E-state index is 10.9. The molecule has 0 atom stereocenters. The number of hydrogen-bond acceptors (Lipinski definition) is 5. The van der Waals surface area contributed by atoms with Gasteiger partial charge in [0.15, 0.2) is 0 Å². The van der Waals surface area contributed by atoms with Crippen molar-refractivity contribution in [2.45, 2.75) is 51.5 Å². The van der Waals surface area contributed by atoms with Gasteiger partial charge < -0.3 is 10.4 Å². The first kappa shape index (κ1) is 13.3. The van der Waals surface area contributed by atoms with Crippen molar-refractivity contribution >= 4 is 22.6 Å². The van der Waals surface area contributed by atoms with Gasteiger partial charge in [-0.15, -0.1) is 0 Å². The highest BCUT2D eigenvalue weighted by Crippen LogP contribution is 2.27. The van der Waals surface area contributed by atoms with Crippen LogP contribution in [0, 0.1) is 5.92 Å². The molecule has 0 aromatic carbocycles. The third-order valence-electron chi connectivity index (χ3n) is 3.35. The van der Waals surface area contributed by atoms with Crippen LogP contribution in [0.15, 0.2) is 0 Å². The summed E-state index contributed by atoms with van der Waals surface area (Å²) in [5.74, 6) is 0.0898. The number of anilines is 1. The average Bonchev–Trinajstić information content (AvgIpc) is 2.78. The Hall–Kier alpha value is -1.17. The van der Waals surface area contributed by atoms with Gasteiger partial charge in [0.05, 0.1) is 5.92 Å². The van der Waals surface area contributed by atoms with Crippen LogP contribution in [-0.4, -0.2) is 26.5 Å². The van der Waals surface area contributed by atoms with E-state index in [0.717, 1.165) is 49.5 Å². The Morgan fingerprint density at radius 3 is 2.78 bits per heavy atom. The standard InChI is InChI=1S/C12H19N3O2S/c1-2-3-10-14-12(18-15-10)13-9-6-4-8(5-7-9)11(16)17/h8-9H,2-7H2,1H3,(H,16,17)(H,13,14,15). The van der Waals surface area contributed by atoms with Gasteiger partial charge in [0.1, 0.15) is 5.82 Å². The van der Waals surface area contributed by atoms with Crippen LogP contribution >= 0.6 is 11.5 Å². The molecule has 5 nitrogen and oxygen atoms in total. The SMILES string of the molecule is CCCc1nsc(NC2CCC(C(=O)O)CC2)n1. The summed E-state index contributed by atoms with van der Waals surface area (Å²) in [6, 6.07) is 0.350. The number of rotatable bonds is 5. The van der Waals surface area contributed by atoms with Gasteiger partial charge in [0.25, 0.3) is 0 Å². The zero-order valence-corrected chi connectivity index (χ0v) is 11.4. The monoisotopic (exact) mass is 269 g/mol. The molecule has 0 bridgehead atoms. The summed E-state index contributed by atoms with van der Waals surface area (Å²) in [4.78, 5) is 15.3. The van der Waals surface area contributed by atoms with E-state index in [9.17, 15) is 4.79 Å². The molecule has 1 saturated carbocycles. The summed E-state index contributed by atoms with van der Waals surface area (Å²) in [5, 5.41) is 13.2. The Morgan fingerprint density at radius 2 is 2.17 bits per heavy atom. The summed E-state index contributed by atoms with van der Waals surface area (Å²) in [7, 11) is 0. The fraction of sp³-hybridized carbons (Fsp3) is 0.750. The number of aromatic nitrogens is 2. The Kier molecular flexibility index (Phi) is 4.52. The van der Waals surface area contributed by atoms with E-state index < -0.39 is 5.97 Å². The normalized spacial score (nSPS) is 23.8. The lowest BCUT2D eigenvalue weighted by Gasteiger charge is -2.26. The van der Waals surface area contributed by atoms with Gasteiger partial charge in [-0.3, -0.25) is 4.79 Å². The van der Waals surface area contributed by atoms with Crippen LogP contribution in [0.3, 0.4) is 0 Å². The zero-order chi connectivity index (χ0) is 13.0. The molecule has 18 heavy (non-hydrogen) atoms. The summed E-state index contributed by atoms with van der Waals surface area (Å²) in [6.07, 6.45) is 5.30. The Balaban J connectivity index is 1.81. The molecule has 100 valence electrons. The predicted molar refractivity (Wildman–Crippen MR) is 70.9 cm³/mol. The van der Waals surface area contributed by atoms with Crippen molar-refractivity contribution in [3.05, 3.63) is 5.82 Å². The third-order valence-corrected chi connectivity index (χ3v) is 4.03. The zero-order valence-electron chi connectivity index (χ0n) is 10.6. The smallest absolute Gasteiger partial charge is 0.306 e. The van der Waals surface area contributed by atoms with Crippen molar-refractivity contribution in [1.29, 1.82) is 0 Å². The van der Waals surface area contributed by atoms with Crippen molar-refractivity contribution in [1.82, 2.24) is 9.36 Å². The molecule has 1 aliphatic rings. The Labute approximate surface area is 111 Å². The predicted octanol–water partition coefficient (Wildman–Crippen LogP) is 2.55. The van der Waals surface area contributed by atoms with E-state index in [1.807, 2.05) is 0 Å². The molecule has 0 spiro atoms. The van der Waals surface area contributed by atoms with Gasteiger partial charge in [-0.2, -0.15) is 4.37 Å². The molecule has 0 aliphatic heterocycles. The van der Waals surface area contributed by atoms with Crippen LogP contribution in [0.4, 0.5) is 5.13 Å². The van der Waals surface area contributed by atoms with Crippen molar-refractivity contribution in [3.63, 3.8) is 0 Å². The second-order valence-electron chi connectivity index (χ2n) is 4.80. The number of nitrogens with zero attached hydrogens (tertiary/aromatic N) is 2. The molecule has 6 heteroatoms. The molecule has 1 aromatic heterocycles. The van der Waals surface area contributed by atoms with Crippen LogP contribution in [0.5, 0.6) is 0 Å². The number of carboxylic acids is 1. The molecule has 1 aromatic rings. The van der Waals surface area contributed by atoms with E-state index in [1.165, 1.54) is 11.5 Å². The lowest BCUT2D eigenvalue weighted by molar-refractivity contribution is -0.142. The summed E-state index contributed by atoms with van der Waals surface area (Å²) < 4.78 is 4.29. The second kappa shape index (κ2) is 6.13. The number of carboxylic acid groups (broad SMARTS) is 1. The minimum atomic E-state index is -0.658. The van der Waals surface area contributed by atoms with E-state index in [0.29, 0.717) is 6.04 Å². The number of aryl methyl sites for hydroxylation is 1. The number of hydrogen-bond donors (Lipinski definition) is 2. The van der Waals surface area contributed by atoms with E-state index in [2.05, 4.69) is 21.6 Å². The fourth-order valence-corrected chi connectivity index (χ4v) is 2.99. The molecular weight excluding hydrogens is 250 g/mol. The molecule has 2 rings (SSSR count). The maximum absolute atomic E-state index is 10.9. The van der Waals surface area contributed by atoms with Crippen LogP contribution < -0.4 is 5.32 Å². The van der Waals surface area contributed by atoms with Gasteiger partial charge in [-0.1, -0.05) is 6.92 Å². The number of aliphatic carboxylic acids is 1. The number of nitrogens with one attached hydrogen (secondary N) is 1. The van der Waals surface area contributed by atoms with Gasteiger partial charge >= 0.3 is 5.97 Å². The van der Waals surface area contributed by atoms with E-state index >= 15 is 0 Å². The van der Waals surface area contributed by atoms with Gasteiger partial charge in [0.2, 0.25) is 5.13 Å². The van der Waals surface area contributed by atoms with Crippen molar-refractivity contribution in [3.8, 4) is 0 Å². The highest BCUT2D eigenvalue weighted by Gasteiger charge is 2.26. The van der Waals surface area contributed by atoms with Crippen molar-refractivity contribution in [2.75, 3.05) is 5.32 Å². The summed E-state index contributed by atoms with van der Waals surface area (Å²) in [5.41, 5.74) is 0. The maximum Gasteiger partial charge on any atom is 0.306 e. The summed E-state index contributed by atoms with van der Waals surface area (Å²) in [6.45, 7) is 2.11. The minimum Gasteiger partial charge on any atom is -0.481 e. The molecule has 0 amide bonds. The van der Waals surface area contributed by atoms with Crippen LogP contribution in [0.25, 0.3) is 0 Å². The molecule has 0 saturated heterocycles. The highest BCUT2D eigenvalue weighted by atomic mass is 32.1. The third kappa shape index (κ3) is 3.41. The van der Waals surface area contributed by atoms with Crippen molar-refractivity contribution in [2.24, 2.45) is 5.92 Å². The van der Waals surface area contributed by atoms with Crippen LogP contribution in [0.1, 0.15) is 44.9 Å². The molecular formula is C12H19N3O2S. The quantitative estimate of drug-likeness (QED) is 0.859. The number of carbonyl (C=O) groups is 1. The topological polar surface area (TPSA) is 75.1 Å². The Morgan fingerprint density at radius 1 is 1.44 bits per heavy atom. The van der Waals surface area contributed by atoms with Crippen LogP contribution in [-0.2, 0) is 11.2 Å². The lowest BCUT2D eigenvalue weighted by Crippen LogP contribution is -2.29. The van der Waals surface area contributed by atoms with E-state index in [1.54, 1.807) is 0 Å². The molecule has 1 fully saturated rings. The molecule has 0 unspecified atom stereocenters. The minimum absolute atomic E-state index is 0.159. The lowest BCUT2D eigenvalue weighted by atomic mass is 9.86. The Bertz CT molecular complexity index is 400. The molecule has 2 N–H and O–H groups in total. The van der Waals surface area contributed by atoms with Crippen molar-refractivity contribution < 1.29 is 9.90 Å². The largest absolute Gasteiger partial charge is 0.481 e. The first-order chi connectivity index (χ1) is 8.69. The van der Waals surface area contributed by atoms with Gasteiger partial charge in [-0.25, -0.2) is 4.98 Å². The van der Waals surface area contributed by atoms with Gasteiger partial charge in [-0.05, 0) is 32.1 Å². The average molecular weight is 269 g/mol.